The molecule has 2 aliphatic rings. The van der Waals surface area contributed by atoms with Crippen molar-refractivity contribution < 1.29 is 9.13 Å². The minimum atomic E-state index is -0.328. The summed E-state index contributed by atoms with van der Waals surface area (Å²) in [6.07, 6.45) is 1.20. The molecule has 0 radical (unpaired) electrons. The van der Waals surface area contributed by atoms with Gasteiger partial charge in [-0.3, -0.25) is 0 Å². The molecular formula is C25H19FN4O. The maximum Gasteiger partial charge on any atom is 0.226 e. The van der Waals surface area contributed by atoms with E-state index in [2.05, 4.69) is 46.6 Å². The quantitative estimate of drug-likeness (QED) is 0.488. The molecule has 152 valence electrons. The van der Waals surface area contributed by atoms with Gasteiger partial charge in [0.25, 0.3) is 0 Å². The van der Waals surface area contributed by atoms with Crippen molar-refractivity contribution >= 4 is 11.6 Å². The number of hydrogen-bond donors (Lipinski definition) is 1. The van der Waals surface area contributed by atoms with Crippen molar-refractivity contribution in [2.24, 2.45) is 0 Å². The molecule has 6 rings (SSSR count). The predicted molar refractivity (Wildman–Crippen MR) is 116 cm³/mol. The number of ether oxygens (including phenoxy) is 1. The Kier molecular flexibility index (Phi) is 3.93. The second-order valence-corrected chi connectivity index (χ2v) is 7.84. The topological polar surface area (TPSA) is 52.0 Å². The lowest BCUT2D eigenvalue weighted by Gasteiger charge is -2.39. The van der Waals surface area contributed by atoms with Gasteiger partial charge in [0, 0.05) is 11.1 Å². The number of aryl methyl sites for hydroxylation is 1. The molecule has 31 heavy (non-hydrogen) atoms. The van der Waals surface area contributed by atoms with Crippen LogP contribution in [-0.2, 0) is 0 Å². The SMILES string of the molecule is Cc1ccc([C@H]2Oc3ccccc3C3=C2[C@@H](c2ccc(F)cc2)n2ncnc2N3)cc1. The van der Waals surface area contributed by atoms with Crippen LogP contribution in [0.2, 0.25) is 0 Å². The van der Waals surface area contributed by atoms with Gasteiger partial charge in [-0.2, -0.15) is 10.1 Å². The van der Waals surface area contributed by atoms with E-state index in [1.807, 2.05) is 28.9 Å². The van der Waals surface area contributed by atoms with Crippen molar-refractivity contribution in [3.8, 4) is 5.75 Å². The van der Waals surface area contributed by atoms with Crippen molar-refractivity contribution in [3.63, 3.8) is 0 Å². The highest BCUT2D eigenvalue weighted by Crippen LogP contribution is 2.50. The molecule has 3 aromatic carbocycles. The summed E-state index contributed by atoms with van der Waals surface area (Å²) in [5.41, 5.74) is 6.11. The van der Waals surface area contributed by atoms with Crippen molar-refractivity contribution in [1.29, 1.82) is 0 Å². The molecule has 0 amide bonds. The Balaban J connectivity index is 1.62. The highest BCUT2D eigenvalue weighted by Gasteiger charge is 2.40. The van der Waals surface area contributed by atoms with Crippen LogP contribution >= 0.6 is 0 Å². The molecule has 1 aromatic heterocycles. The number of aromatic nitrogens is 3. The molecule has 4 aromatic rings. The summed E-state index contributed by atoms with van der Waals surface area (Å²) < 4.78 is 22.1. The zero-order chi connectivity index (χ0) is 20.9. The standard InChI is InChI=1S/C25H19FN4O/c1-15-6-8-17(9-7-15)24-21-22(19-4-2-3-5-20(19)31-24)29-25-27-14-28-30(25)23(21)16-10-12-18(26)13-11-16/h2-14,23-24H,1H3,(H,27,28,29)/t23-,24-/m1/s1. The lowest BCUT2D eigenvalue weighted by molar-refractivity contribution is 0.223. The zero-order valence-electron chi connectivity index (χ0n) is 16.8. The van der Waals surface area contributed by atoms with Crippen LogP contribution < -0.4 is 10.1 Å². The highest BCUT2D eigenvalue weighted by atomic mass is 19.1. The molecule has 0 fully saturated rings. The molecule has 1 N–H and O–H groups in total. The number of rotatable bonds is 2. The minimum Gasteiger partial charge on any atom is -0.480 e. The third kappa shape index (κ3) is 2.83. The fourth-order valence-electron chi connectivity index (χ4n) is 4.40. The molecule has 2 atom stereocenters. The Labute approximate surface area is 178 Å². The molecule has 0 aliphatic carbocycles. The Morgan fingerprint density at radius 1 is 0.935 bits per heavy atom. The molecule has 0 saturated carbocycles. The van der Waals surface area contributed by atoms with Crippen molar-refractivity contribution in [2.45, 2.75) is 19.1 Å². The Morgan fingerprint density at radius 3 is 2.48 bits per heavy atom. The van der Waals surface area contributed by atoms with E-state index in [0.717, 1.165) is 33.7 Å². The molecule has 0 spiro atoms. The summed E-state index contributed by atoms with van der Waals surface area (Å²) >= 11 is 0. The summed E-state index contributed by atoms with van der Waals surface area (Å²) in [5, 5.41) is 7.96. The molecule has 3 heterocycles. The van der Waals surface area contributed by atoms with Crippen LogP contribution in [-0.4, -0.2) is 14.8 Å². The van der Waals surface area contributed by atoms with E-state index in [4.69, 9.17) is 4.74 Å². The molecule has 6 heteroatoms. The fraction of sp³-hybridized carbons (Fsp3) is 0.120. The van der Waals surface area contributed by atoms with E-state index < -0.39 is 0 Å². The number of hydrogen-bond acceptors (Lipinski definition) is 4. The number of halogens is 1. The first kappa shape index (κ1) is 17.9. The van der Waals surface area contributed by atoms with Gasteiger partial charge >= 0.3 is 0 Å². The number of nitrogens with one attached hydrogen (secondary N) is 1. The Hall–Kier alpha value is -3.93. The van der Waals surface area contributed by atoms with E-state index in [9.17, 15) is 4.39 Å². The third-order valence-corrected chi connectivity index (χ3v) is 5.89. The molecular weight excluding hydrogens is 391 g/mol. The van der Waals surface area contributed by atoms with Gasteiger partial charge in [0.2, 0.25) is 5.95 Å². The van der Waals surface area contributed by atoms with Crippen LogP contribution in [0.5, 0.6) is 5.75 Å². The van der Waals surface area contributed by atoms with E-state index in [-0.39, 0.29) is 18.0 Å². The zero-order valence-corrected chi connectivity index (χ0v) is 16.8. The number of fused-ring (bicyclic) bond motifs is 3. The minimum absolute atomic E-state index is 0.272. The maximum absolute atomic E-state index is 13.7. The second kappa shape index (κ2) is 6.80. The van der Waals surface area contributed by atoms with Gasteiger partial charge < -0.3 is 10.1 Å². The average Bonchev–Trinajstić information content (AvgIpc) is 3.27. The largest absolute Gasteiger partial charge is 0.480 e. The number of nitrogens with zero attached hydrogens (tertiary/aromatic N) is 3. The summed E-state index contributed by atoms with van der Waals surface area (Å²) in [6, 6.07) is 22.6. The van der Waals surface area contributed by atoms with Gasteiger partial charge in [-0.1, -0.05) is 54.1 Å². The predicted octanol–water partition coefficient (Wildman–Crippen LogP) is 5.29. The lowest BCUT2D eigenvalue weighted by Crippen LogP contribution is -2.32. The number of para-hydroxylation sites is 1. The van der Waals surface area contributed by atoms with Crippen molar-refractivity contribution in [1.82, 2.24) is 14.8 Å². The highest BCUT2D eigenvalue weighted by molar-refractivity contribution is 5.85. The van der Waals surface area contributed by atoms with Crippen LogP contribution in [0.1, 0.15) is 34.4 Å². The van der Waals surface area contributed by atoms with Gasteiger partial charge in [0.1, 0.15) is 30.0 Å². The van der Waals surface area contributed by atoms with Crippen molar-refractivity contribution in [2.75, 3.05) is 5.32 Å². The second-order valence-electron chi connectivity index (χ2n) is 7.84. The first-order valence-electron chi connectivity index (χ1n) is 10.2. The first-order valence-corrected chi connectivity index (χ1v) is 10.2. The van der Waals surface area contributed by atoms with Gasteiger partial charge in [0.15, 0.2) is 0 Å². The van der Waals surface area contributed by atoms with Crippen LogP contribution in [0, 0.1) is 12.7 Å². The molecule has 0 unspecified atom stereocenters. The van der Waals surface area contributed by atoms with Crippen LogP contribution in [0.4, 0.5) is 10.3 Å². The average molecular weight is 410 g/mol. The van der Waals surface area contributed by atoms with Gasteiger partial charge in [0.05, 0.1) is 5.70 Å². The molecule has 5 nitrogen and oxygen atoms in total. The molecule has 0 saturated heterocycles. The van der Waals surface area contributed by atoms with Crippen LogP contribution in [0.25, 0.3) is 5.70 Å². The first-order chi connectivity index (χ1) is 15.2. The van der Waals surface area contributed by atoms with Crippen LogP contribution in [0.3, 0.4) is 0 Å². The lowest BCUT2D eigenvalue weighted by atomic mass is 9.84. The molecule has 2 aliphatic heterocycles. The summed E-state index contributed by atoms with van der Waals surface area (Å²) in [5.74, 6) is 1.18. The fourth-order valence-corrected chi connectivity index (χ4v) is 4.40. The number of anilines is 1. The van der Waals surface area contributed by atoms with E-state index in [1.165, 1.54) is 24.0 Å². The smallest absolute Gasteiger partial charge is 0.226 e. The van der Waals surface area contributed by atoms with Gasteiger partial charge in [-0.15, -0.1) is 0 Å². The summed E-state index contributed by atoms with van der Waals surface area (Å²) in [6.45, 7) is 2.07. The Morgan fingerprint density at radius 2 is 1.68 bits per heavy atom. The number of benzene rings is 3. The van der Waals surface area contributed by atoms with Gasteiger partial charge in [-0.25, -0.2) is 9.07 Å². The third-order valence-electron chi connectivity index (χ3n) is 5.89. The van der Waals surface area contributed by atoms with Gasteiger partial charge in [-0.05, 0) is 42.3 Å². The molecule has 0 bridgehead atoms. The normalized spacial score (nSPS) is 19.0. The Bertz CT molecular complexity index is 1310. The van der Waals surface area contributed by atoms with Crippen LogP contribution in [0.15, 0.2) is 84.7 Å². The van der Waals surface area contributed by atoms with E-state index in [0.29, 0.717) is 5.95 Å². The maximum atomic E-state index is 13.7. The van der Waals surface area contributed by atoms with E-state index >= 15 is 0 Å². The monoisotopic (exact) mass is 410 g/mol. The summed E-state index contributed by atoms with van der Waals surface area (Å²) in [4.78, 5) is 4.42. The summed E-state index contributed by atoms with van der Waals surface area (Å²) in [7, 11) is 0. The van der Waals surface area contributed by atoms with Crippen molar-refractivity contribution in [3.05, 3.63) is 113 Å². The van der Waals surface area contributed by atoms with E-state index in [1.54, 1.807) is 12.1 Å².